The van der Waals surface area contributed by atoms with E-state index in [2.05, 4.69) is 11.3 Å². The second-order valence-electron chi connectivity index (χ2n) is 3.76. The molecule has 0 aliphatic rings. The van der Waals surface area contributed by atoms with Crippen molar-refractivity contribution >= 4 is 47.2 Å². The smallest absolute Gasteiger partial charge is 0.237 e. The predicted molar refractivity (Wildman–Crippen MR) is 77.3 cm³/mol. The summed E-state index contributed by atoms with van der Waals surface area (Å²) < 4.78 is 25.5. The molecular weight excluding hydrogens is 291 g/mol. The minimum Gasteiger partial charge on any atom is -0.237 e. The van der Waals surface area contributed by atoms with Crippen LogP contribution in [0.4, 0.5) is 0 Å². The lowest BCUT2D eigenvalue weighted by atomic mass is 10.2. The lowest BCUT2D eigenvalue weighted by molar-refractivity contribution is 0.593. The maximum atomic E-state index is 12.1. The van der Waals surface area contributed by atoms with E-state index in [1.807, 2.05) is 6.92 Å². The van der Waals surface area contributed by atoms with Crippen molar-refractivity contribution < 1.29 is 8.42 Å². The van der Waals surface area contributed by atoms with Gasteiger partial charge in [-0.05, 0) is 18.1 Å². The van der Waals surface area contributed by atoms with E-state index in [-0.39, 0.29) is 5.49 Å². The summed E-state index contributed by atoms with van der Waals surface area (Å²) in [5, 5.41) is 1.24. The standard InChI is InChI=1S/C11H12ClN2O2PS/c1-3-8-6-14(18(15,16)7-17-2)11-10(8)9(12)4-5-13-11/h4-6H,2-3,7H2,1H3. The molecule has 0 aliphatic carbocycles. The Morgan fingerprint density at radius 2 is 2.28 bits per heavy atom. The first kappa shape index (κ1) is 13.5. The molecule has 0 radical (unpaired) electrons. The van der Waals surface area contributed by atoms with Crippen LogP contribution in [-0.2, 0) is 16.4 Å². The molecule has 0 N–H and O–H groups in total. The maximum Gasteiger partial charge on any atom is 0.248 e. The van der Waals surface area contributed by atoms with Gasteiger partial charge in [-0.15, -0.1) is 0 Å². The van der Waals surface area contributed by atoms with E-state index < -0.39 is 10.0 Å². The number of aromatic nitrogens is 2. The molecule has 2 heterocycles. The summed E-state index contributed by atoms with van der Waals surface area (Å²) in [7, 11) is -2.87. The summed E-state index contributed by atoms with van der Waals surface area (Å²) >= 11 is 6.12. The number of fused-ring (bicyclic) bond motifs is 1. The van der Waals surface area contributed by atoms with Crippen LogP contribution in [0.15, 0.2) is 18.5 Å². The normalized spacial score (nSPS) is 12.3. The Kier molecular flexibility index (Phi) is 3.76. The van der Waals surface area contributed by atoms with Crippen molar-refractivity contribution in [3.8, 4) is 0 Å². The number of rotatable bonds is 4. The molecule has 0 fully saturated rings. The van der Waals surface area contributed by atoms with Crippen molar-refractivity contribution in [2.45, 2.75) is 13.3 Å². The predicted octanol–water partition coefficient (Wildman–Crippen LogP) is 2.77. The highest BCUT2D eigenvalue weighted by atomic mass is 35.5. The molecule has 0 amide bonds. The second kappa shape index (κ2) is 5.00. The Bertz CT molecular complexity index is 709. The van der Waals surface area contributed by atoms with E-state index in [1.54, 1.807) is 12.3 Å². The zero-order chi connectivity index (χ0) is 13.3. The Balaban J connectivity index is 2.82. The number of aryl methyl sites for hydroxylation is 1. The molecule has 0 spiro atoms. The molecule has 2 aromatic rings. The Morgan fingerprint density at radius 1 is 1.56 bits per heavy atom. The molecule has 0 saturated carbocycles. The molecule has 18 heavy (non-hydrogen) atoms. The third-order valence-electron chi connectivity index (χ3n) is 2.62. The summed E-state index contributed by atoms with van der Waals surface area (Å²) in [4.78, 5) is 4.13. The minimum atomic E-state index is -3.42. The first-order chi connectivity index (χ1) is 8.51. The molecule has 7 heteroatoms. The Morgan fingerprint density at radius 3 is 2.89 bits per heavy atom. The summed E-state index contributed by atoms with van der Waals surface area (Å²) in [5.41, 5.74) is 1.24. The summed E-state index contributed by atoms with van der Waals surface area (Å²) in [6, 6.07) is 1.67. The molecule has 2 aromatic heterocycles. The van der Waals surface area contributed by atoms with Gasteiger partial charge in [-0.1, -0.05) is 33.0 Å². The van der Waals surface area contributed by atoms with Crippen LogP contribution in [0.3, 0.4) is 0 Å². The average molecular weight is 303 g/mol. The van der Waals surface area contributed by atoms with Crippen LogP contribution < -0.4 is 0 Å². The van der Waals surface area contributed by atoms with E-state index in [0.29, 0.717) is 30.7 Å². The molecule has 96 valence electrons. The molecule has 4 nitrogen and oxygen atoms in total. The van der Waals surface area contributed by atoms with E-state index >= 15 is 0 Å². The van der Waals surface area contributed by atoms with E-state index in [0.717, 1.165) is 5.56 Å². The van der Waals surface area contributed by atoms with Gasteiger partial charge in [-0.3, -0.25) is 0 Å². The van der Waals surface area contributed by atoms with E-state index in [1.165, 1.54) is 10.2 Å². The first-order valence-electron chi connectivity index (χ1n) is 5.31. The fourth-order valence-electron chi connectivity index (χ4n) is 1.82. The highest BCUT2D eigenvalue weighted by molar-refractivity contribution is 7.94. The van der Waals surface area contributed by atoms with Gasteiger partial charge >= 0.3 is 0 Å². The van der Waals surface area contributed by atoms with Gasteiger partial charge < -0.3 is 0 Å². The number of hydrogen-bond acceptors (Lipinski definition) is 3. The minimum absolute atomic E-state index is 0.0336. The van der Waals surface area contributed by atoms with Gasteiger partial charge in [-0.2, -0.15) is 0 Å². The maximum absolute atomic E-state index is 12.1. The van der Waals surface area contributed by atoms with Gasteiger partial charge in [0.2, 0.25) is 10.0 Å². The SMILES string of the molecule is C=PCS(=O)(=O)n1cc(CC)c2c(Cl)ccnc21. The lowest BCUT2D eigenvalue weighted by Gasteiger charge is -2.03. The molecule has 0 saturated heterocycles. The molecule has 0 aromatic carbocycles. The quantitative estimate of drug-likeness (QED) is 0.816. The first-order valence-corrected chi connectivity index (χ1v) is 8.56. The van der Waals surface area contributed by atoms with Gasteiger partial charge in [0.15, 0.2) is 5.65 Å². The van der Waals surface area contributed by atoms with Crippen LogP contribution in [0.2, 0.25) is 5.02 Å². The van der Waals surface area contributed by atoms with Crippen LogP contribution in [0.1, 0.15) is 12.5 Å². The molecule has 0 bridgehead atoms. The van der Waals surface area contributed by atoms with E-state index in [9.17, 15) is 8.42 Å². The third-order valence-corrected chi connectivity index (χ3v) is 5.85. The second-order valence-corrected chi connectivity index (χ2v) is 7.20. The van der Waals surface area contributed by atoms with Crippen LogP contribution in [0.5, 0.6) is 0 Å². The molecule has 2 rings (SSSR count). The number of nitrogens with zero attached hydrogens (tertiary/aromatic N) is 2. The fraction of sp³-hybridized carbons (Fsp3) is 0.273. The van der Waals surface area contributed by atoms with Gasteiger partial charge in [0.1, 0.15) is 5.49 Å². The highest BCUT2D eigenvalue weighted by Gasteiger charge is 2.19. The van der Waals surface area contributed by atoms with Gasteiger partial charge in [0.05, 0.1) is 5.02 Å². The zero-order valence-corrected chi connectivity index (χ0v) is 12.3. The van der Waals surface area contributed by atoms with Gasteiger partial charge in [0, 0.05) is 17.8 Å². The van der Waals surface area contributed by atoms with Gasteiger partial charge in [-0.25, -0.2) is 17.4 Å². The van der Waals surface area contributed by atoms with E-state index in [4.69, 9.17) is 11.6 Å². The van der Waals surface area contributed by atoms with Crippen LogP contribution >= 0.6 is 19.8 Å². The number of halogens is 1. The third kappa shape index (κ3) is 2.18. The van der Waals surface area contributed by atoms with Crippen LogP contribution in [-0.4, -0.2) is 29.2 Å². The van der Waals surface area contributed by atoms with Crippen molar-refractivity contribution in [3.05, 3.63) is 29.0 Å². The molecule has 0 atom stereocenters. The Labute approximate surface area is 112 Å². The van der Waals surface area contributed by atoms with Gasteiger partial charge in [0.25, 0.3) is 0 Å². The number of pyridine rings is 1. The average Bonchev–Trinajstić information content (AvgIpc) is 2.70. The summed E-state index contributed by atoms with van der Waals surface area (Å²) in [6.07, 6.45) is 7.37. The largest absolute Gasteiger partial charge is 0.248 e. The lowest BCUT2D eigenvalue weighted by Crippen LogP contribution is -2.13. The number of hydrogen-bond donors (Lipinski definition) is 0. The van der Waals surface area contributed by atoms with Crippen LogP contribution in [0.25, 0.3) is 11.0 Å². The van der Waals surface area contributed by atoms with Crippen molar-refractivity contribution in [1.82, 2.24) is 8.96 Å². The molecule has 0 aliphatic heterocycles. The van der Waals surface area contributed by atoms with Crippen molar-refractivity contribution in [1.29, 1.82) is 0 Å². The fourth-order valence-corrected chi connectivity index (χ4v) is 4.19. The molecular formula is C11H12ClN2O2PS. The van der Waals surface area contributed by atoms with Crippen molar-refractivity contribution in [3.63, 3.8) is 0 Å². The molecule has 0 unspecified atom stereocenters. The highest BCUT2D eigenvalue weighted by Crippen LogP contribution is 2.29. The Hall–Kier alpha value is -0.900. The monoisotopic (exact) mass is 302 g/mol. The summed E-state index contributed by atoms with van der Waals surface area (Å²) in [5.74, 6) is 0. The van der Waals surface area contributed by atoms with Crippen LogP contribution in [0, 0.1) is 0 Å². The topological polar surface area (TPSA) is 52.0 Å². The summed E-state index contributed by atoms with van der Waals surface area (Å²) in [6.45, 7) is 1.95. The van der Waals surface area contributed by atoms with Crippen molar-refractivity contribution in [2.75, 3.05) is 5.49 Å². The zero-order valence-electron chi connectivity index (χ0n) is 9.80. The van der Waals surface area contributed by atoms with Crippen molar-refractivity contribution in [2.24, 2.45) is 0 Å².